The first-order valence-electron chi connectivity index (χ1n) is 6.01. The number of aliphatic hydroxyl groups excluding tert-OH is 1. The van der Waals surface area contributed by atoms with Gasteiger partial charge >= 0.3 is 5.97 Å². The largest absolute Gasteiger partial charge is 0.475 e. The highest BCUT2D eigenvalue weighted by molar-refractivity contribution is 9.10. The minimum absolute atomic E-state index is 0.131. The molecule has 0 radical (unpaired) electrons. The Morgan fingerprint density at radius 2 is 1.95 bits per heavy atom. The van der Waals surface area contributed by atoms with Gasteiger partial charge in [0.05, 0.1) is 0 Å². The zero-order chi connectivity index (χ0) is 15.2. The van der Waals surface area contributed by atoms with Crippen molar-refractivity contribution in [2.75, 3.05) is 13.2 Å². The van der Waals surface area contributed by atoms with Gasteiger partial charge in [-0.15, -0.1) is 0 Å². The normalized spacial score (nSPS) is 11.7. The molecule has 0 fully saturated rings. The van der Waals surface area contributed by atoms with Crippen molar-refractivity contribution in [3.8, 4) is 0 Å². The van der Waals surface area contributed by atoms with Crippen LogP contribution >= 0.6 is 15.9 Å². The van der Waals surface area contributed by atoms with E-state index in [4.69, 9.17) is 14.6 Å². The van der Waals surface area contributed by atoms with Gasteiger partial charge in [-0.05, 0) is 28.8 Å². The third-order valence-electron chi connectivity index (χ3n) is 2.53. The van der Waals surface area contributed by atoms with E-state index in [2.05, 4.69) is 20.7 Å². The molecule has 9 heteroatoms. The van der Waals surface area contributed by atoms with Crippen LogP contribution in [-0.4, -0.2) is 37.8 Å². The third kappa shape index (κ3) is 4.89. The molecule has 20 heavy (non-hydrogen) atoms. The van der Waals surface area contributed by atoms with Crippen LogP contribution in [-0.2, 0) is 10.0 Å². The summed E-state index contributed by atoms with van der Waals surface area (Å²) in [5.41, 5.74) is 0. The monoisotopic (exact) mass is 369 g/mol. The Kier molecular flexibility index (Phi) is 6.66. The number of carboxylic acid groups (broad SMARTS) is 1. The summed E-state index contributed by atoms with van der Waals surface area (Å²) in [6.45, 7) is 0.374. The van der Waals surface area contributed by atoms with E-state index < -0.39 is 21.8 Å². The van der Waals surface area contributed by atoms with Gasteiger partial charge in [-0.25, -0.2) is 17.9 Å². The maximum atomic E-state index is 11.9. The van der Waals surface area contributed by atoms with E-state index in [1.165, 1.54) is 0 Å². The Bertz CT molecular complexity index is 553. The third-order valence-corrected chi connectivity index (χ3v) is 4.85. The van der Waals surface area contributed by atoms with Crippen LogP contribution in [0.2, 0.25) is 0 Å². The summed E-state index contributed by atoms with van der Waals surface area (Å²) in [4.78, 5) is 10.5. The first kappa shape index (κ1) is 17.2. The van der Waals surface area contributed by atoms with Crippen LogP contribution in [0.25, 0.3) is 0 Å². The Morgan fingerprint density at radius 3 is 2.50 bits per heavy atom. The van der Waals surface area contributed by atoms with Gasteiger partial charge in [-0.1, -0.05) is 12.8 Å². The van der Waals surface area contributed by atoms with E-state index in [0.717, 1.165) is 18.9 Å². The van der Waals surface area contributed by atoms with Crippen LogP contribution < -0.4 is 4.72 Å². The SMILES string of the molecule is O=C(O)c1cc(S(=O)(=O)NCCCCCCO)c(Br)o1. The lowest BCUT2D eigenvalue weighted by atomic mass is 10.2. The first-order chi connectivity index (χ1) is 9.38. The Balaban J connectivity index is 2.58. The summed E-state index contributed by atoms with van der Waals surface area (Å²) in [6.07, 6.45) is 2.97. The topological polar surface area (TPSA) is 117 Å². The number of carboxylic acids is 1. The number of carbonyl (C=O) groups is 1. The fourth-order valence-electron chi connectivity index (χ4n) is 1.52. The zero-order valence-corrected chi connectivity index (χ0v) is 13.0. The van der Waals surface area contributed by atoms with Gasteiger partial charge in [0.1, 0.15) is 4.90 Å². The van der Waals surface area contributed by atoms with Crippen molar-refractivity contribution < 1.29 is 27.8 Å². The molecule has 0 aromatic carbocycles. The molecule has 1 rings (SSSR count). The average molecular weight is 370 g/mol. The molecule has 0 aliphatic heterocycles. The van der Waals surface area contributed by atoms with Crippen molar-refractivity contribution in [2.45, 2.75) is 30.6 Å². The van der Waals surface area contributed by atoms with Crippen LogP contribution in [0.3, 0.4) is 0 Å². The van der Waals surface area contributed by atoms with Crippen molar-refractivity contribution in [1.82, 2.24) is 4.72 Å². The number of unbranched alkanes of at least 4 members (excludes halogenated alkanes) is 3. The zero-order valence-electron chi connectivity index (χ0n) is 10.6. The number of hydrogen-bond acceptors (Lipinski definition) is 5. The number of halogens is 1. The highest BCUT2D eigenvalue weighted by Gasteiger charge is 2.24. The van der Waals surface area contributed by atoms with Gasteiger partial charge in [0, 0.05) is 19.2 Å². The number of furan rings is 1. The molecule has 0 unspecified atom stereocenters. The van der Waals surface area contributed by atoms with Gasteiger partial charge in [-0.3, -0.25) is 0 Å². The molecule has 7 nitrogen and oxygen atoms in total. The van der Waals surface area contributed by atoms with Crippen molar-refractivity contribution >= 4 is 31.9 Å². The number of aliphatic hydroxyl groups is 1. The van der Waals surface area contributed by atoms with Crippen LogP contribution in [0, 0.1) is 0 Å². The Morgan fingerprint density at radius 1 is 1.30 bits per heavy atom. The van der Waals surface area contributed by atoms with E-state index in [-0.39, 0.29) is 22.7 Å². The second-order valence-corrected chi connectivity index (χ2v) is 6.54. The lowest BCUT2D eigenvalue weighted by Crippen LogP contribution is -2.24. The molecule has 3 N–H and O–H groups in total. The highest BCUT2D eigenvalue weighted by Crippen LogP contribution is 2.26. The lowest BCUT2D eigenvalue weighted by Gasteiger charge is -2.04. The summed E-state index contributed by atoms with van der Waals surface area (Å²) in [7, 11) is -3.80. The van der Waals surface area contributed by atoms with Gasteiger partial charge in [0.15, 0.2) is 4.67 Å². The minimum Gasteiger partial charge on any atom is -0.475 e. The minimum atomic E-state index is -3.80. The van der Waals surface area contributed by atoms with E-state index in [1.807, 2.05) is 0 Å². The molecule has 0 aliphatic rings. The van der Waals surface area contributed by atoms with Crippen molar-refractivity contribution in [1.29, 1.82) is 0 Å². The maximum Gasteiger partial charge on any atom is 0.371 e. The molecule has 1 heterocycles. The van der Waals surface area contributed by atoms with Crippen molar-refractivity contribution in [2.24, 2.45) is 0 Å². The van der Waals surface area contributed by atoms with Crippen molar-refractivity contribution in [3.63, 3.8) is 0 Å². The molecular formula is C11H16BrNO6S. The van der Waals surface area contributed by atoms with Gasteiger partial charge in [-0.2, -0.15) is 0 Å². The molecule has 1 aromatic heterocycles. The second kappa shape index (κ2) is 7.77. The first-order valence-corrected chi connectivity index (χ1v) is 8.29. The number of aromatic carboxylic acids is 1. The molecule has 0 atom stereocenters. The molecular weight excluding hydrogens is 354 g/mol. The highest BCUT2D eigenvalue weighted by atomic mass is 79.9. The van der Waals surface area contributed by atoms with E-state index in [9.17, 15) is 13.2 Å². The van der Waals surface area contributed by atoms with E-state index >= 15 is 0 Å². The standard InChI is InChI=1S/C11H16BrNO6S/c12-10-9(7-8(19-10)11(15)16)20(17,18)13-5-3-1-2-4-6-14/h7,13-14H,1-6H2,(H,15,16). The Labute approximate surface area is 125 Å². The smallest absolute Gasteiger partial charge is 0.371 e. The van der Waals surface area contributed by atoms with Crippen molar-refractivity contribution in [3.05, 3.63) is 16.5 Å². The second-order valence-electron chi connectivity index (χ2n) is 4.09. The fraction of sp³-hybridized carbons (Fsp3) is 0.545. The van der Waals surface area contributed by atoms with Gasteiger partial charge in [0.2, 0.25) is 15.8 Å². The predicted octanol–water partition coefficient (Wildman–Crippen LogP) is 1.57. The number of sulfonamides is 1. The van der Waals surface area contributed by atoms with Crippen LogP contribution in [0.15, 0.2) is 20.0 Å². The van der Waals surface area contributed by atoms with Crippen LogP contribution in [0.5, 0.6) is 0 Å². The predicted molar refractivity (Wildman–Crippen MR) is 74.1 cm³/mol. The summed E-state index contributed by atoms with van der Waals surface area (Å²) in [6, 6.07) is 0.959. The summed E-state index contributed by atoms with van der Waals surface area (Å²) < 4.78 is 30.9. The molecule has 0 bridgehead atoms. The van der Waals surface area contributed by atoms with Gasteiger partial charge in [0.25, 0.3) is 0 Å². The number of nitrogens with one attached hydrogen (secondary N) is 1. The summed E-state index contributed by atoms with van der Waals surface area (Å²) >= 11 is 2.89. The molecule has 114 valence electrons. The van der Waals surface area contributed by atoms with Crippen LogP contribution in [0.4, 0.5) is 0 Å². The summed E-state index contributed by atoms with van der Waals surface area (Å²) in [5.74, 6) is -1.78. The average Bonchev–Trinajstić information content (AvgIpc) is 2.77. The number of rotatable bonds is 9. The van der Waals surface area contributed by atoms with E-state index in [1.54, 1.807) is 0 Å². The fourth-order valence-corrected chi connectivity index (χ4v) is 3.53. The molecule has 1 aromatic rings. The molecule has 0 aliphatic carbocycles. The van der Waals surface area contributed by atoms with Gasteiger partial charge < -0.3 is 14.6 Å². The molecule has 0 amide bonds. The number of hydrogen-bond donors (Lipinski definition) is 3. The molecule has 0 spiro atoms. The lowest BCUT2D eigenvalue weighted by molar-refractivity contribution is 0.0661. The van der Waals surface area contributed by atoms with Crippen LogP contribution in [0.1, 0.15) is 36.2 Å². The Hall–Kier alpha value is -0.900. The summed E-state index contributed by atoms with van der Waals surface area (Å²) in [5, 5.41) is 17.3. The maximum absolute atomic E-state index is 11.9. The quantitative estimate of drug-likeness (QED) is 0.568. The van der Waals surface area contributed by atoms with E-state index in [0.29, 0.717) is 12.8 Å². The molecule has 0 saturated carbocycles. The molecule has 0 saturated heterocycles.